The third-order valence-electron chi connectivity index (χ3n) is 2.20. The fourth-order valence-electron chi connectivity index (χ4n) is 1.30. The lowest BCUT2D eigenvalue weighted by Gasteiger charge is -2.05. The molecule has 4 nitrogen and oxygen atoms in total. The van der Waals surface area contributed by atoms with E-state index in [1.54, 1.807) is 7.11 Å². The Hall–Kier alpha value is -0.160. The molecular weight excluding hydrogens is 192 g/mol. The first-order valence-electron chi connectivity index (χ1n) is 5.93. The third-order valence-corrected chi connectivity index (χ3v) is 2.20. The summed E-state index contributed by atoms with van der Waals surface area (Å²) >= 11 is 0. The van der Waals surface area contributed by atoms with Gasteiger partial charge in [0.05, 0.1) is 6.61 Å². The van der Waals surface area contributed by atoms with Crippen LogP contribution in [0.4, 0.5) is 0 Å². The van der Waals surface area contributed by atoms with Crippen molar-refractivity contribution in [2.24, 2.45) is 0 Å². The number of ether oxygens (including phenoxy) is 1. The van der Waals surface area contributed by atoms with E-state index in [4.69, 9.17) is 9.84 Å². The molecule has 0 saturated carbocycles. The summed E-state index contributed by atoms with van der Waals surface area (Å²) < 4.78 is 4.93. The molecule has 0 atom stereocenters. The molecule has 0 bridgehead atoms. The van der Waals surface area contributed by atoms with E-state index >= 15 is 0 Å². The topological polar surface area (TPSA) is 53.5 Å². The van der Waals surface area contributed by atoms with E-state index in [1.807, 2.05) is 0 Å². The molecule has 15 heavy (non-hydrogen) atoms. The molecule has 0 spiro atoms. The highest BCUT2D eigenvalue weighted by Gasteiger charge is 1.90. The molecule has 0 aliphatic heterocycles. The maximum atomic E-state index is 8.57. The van der Waals surface area contributed by atoms with Crippen LogP contribution in [0.1, 0.15) is 25.7 Å². The van der Waals surface area contributed by atoms with E-state index in [2.05, 4.69) is 10.6 Å². The van der Waals surface area contributed by atoms with Crippen molar-refractivity contribution >= 4 is 0 Å². The SMILES string of the molecule is COCCNCCCNCCCCCO. The number of hydrogen-bond donors (Lipinski definition) is 3. The van der Waals surface area contributed by atoms with Crippen LogP contribution in [0.2, 0.25) is 0 Å². The second kappa shape index (κ2) is 13.8. The molecule has 3 N–H and O–H groups in total. The van der Waals surface area contributed by atoms with Crippen molar-refractivity contribution in [2.45, 2.75) is 25.7 Å². The van der Waals surface area contributed by atoms with Crippen LogP contribution in [0.15, 0.2) is 0 Å². The van der Waals surface area contributed by atoms with Crippen molar-refractivity contribution in [3.8, 4) is 0 Å². The Balaban J connectivity index is 2.81. The molecule has 0 aromatic heterocycles. The molecule has 0 aliphatic carbocycles. The Morgan fingerprint density at radius 3 is 2.20 bits per heavy atom. The lowest BCUT2D eigenvalue weighted by Crippen LogP contribution is -2.25. The van der Waals surface area contributed by atoms with E-state index in [9.17, 15) is 0 Å². The minimum atomic E-state index is 0.323. The van der Waals surface area contributed by atoms with Crippen LogP contribution < -0.4 is 10.6 Å². The molecular formula is C11H26N2O2. The van der Waals surface area contributed by atoms with Gasteiger partial charge in [0.25, 0.3) is 0 Å². The van der Waals surface area contributed by atoms with Gasteiger partial charge in [-0.3, -0.25) is 0 Å². The molecule has 0 fully saturated rings. The Morgan fingerprint density at radius 1 is 0.867 bits per heavy atom. The number of unbranched alkanes of at least 4 members (excludes halogenated alkanes) is 2. The number of aliphatic hydroxyl groups is 1. The van der Waals surface area contributed by atoms with Gasteiger partial charge in [-0.2, -0.15) is 0 Å². The highest BCUT2D eigenvalue weighted by Crippen LogP contribution is 1.91. The summed E-state index contributed by atoms with van der Waals surface area (Å²) in [5.41, 5.74) is 0. The highest BCUT2D eigenvalue weighted by atomic mass is 16.5. The fourth-order valence-corrected chi connectivity index (χ4v) is 1.30. The Kier molecular flexibility index (Phi) is 13.7. The summed E-state index contributed by atoms with van der Waals surface area (Å²) in [6.45, 7) is 5.23. The zero-order chi connectivity index (χ0) is 11.2. The molecule has 0 rings (SSSR count). The average Bonchev–Trinajstić information content (AvgIpc) is 2.26. The molecule has 0 radical (unpaired) electrons. The molecule has 0 aliphatic rings. The Morgan fingerprint density at radius 2 is 1.53 bits per heavy atom. The normalized spacial score (nSPS) is 10.8. The lowest BCUT2D eigenvalue weighted by atomic mass is 10.2. The minimum Gasteiger partial charge on any atom is -0.396 e. The van der Waals surface area contributed by atoms with Crippen molar-refractivity contribution in [1.82, 2.24) is 10.6 Å². The smallest absolute Gasteiger partial charge is 0.0587 e. The van der Waals surface area contributed by atoms with Gasteiger partial charge in [-0.25, -0.2) is 0 Å². The molecule has 0 heterocycles. The Bertz CT molecular complexity index is 101. The zero-order valence-electron chi connectivity index (χ0n) is 9.93. The highest BCUT2D eigenvalue weighted by molar-refractivity contribution is 4.52. The molecule has 0 aromatic carbocycles. The van der Waals surface area contributed by atoms with Crippen molar-refractivity contribution < 1.29 is 9.84 Å². The first kappa shape index (κ1) is 14.8. The van der Waals surface area contributed by atoms with Crippen molar-refractivity contribution in [1.29, 1.82) is 0 Å². The van der Waals surface area contributed by atoms with Gasteiger partial charge in [0.1, 0.15) is 0 Å². The zero-order valence-corrected chi connectivity index (χ0v) is 9.93. The average molecular weight is 218 g/mol. The Labute approximate surface area is 93.4 Å². The number of rotatable bonds is 12. The predicted molar refractivity (Wildman–Crippen MR) is 63.2 cm³/mol. The molecule has 0 unspecified atom stereocenters. The first-order valence-corrected chi connectivity index (χ1v) is 5.93. The molecule has 92 valence electrons. The number of nitrogens with one attached hydrogen (secondary N) is 2. The van der Waals surface area contributed by atoms with Crippen LogP contribution >= 0.6 is 0 Å². The van der Waals surface area contributed by atoms with Gasteiger partial charge >= 0.3 is 0 Å². The van der Waals surface area contributed by atoms with Crippen LogP contribution in [0.3, 0.4) is 0 Å². The van der Waals surface area contributed by atoms with Crippen LogP contribution in [0, 0.1) is 0 Å². The number of hydrogen-bond acceptors (Lipinski definition) is 4. The van der Waals surface area contributed by atoms with Crippen molar-refractivity contribution in [3.63, 3.8) is 0 Å². The third kappa shape index (κ3) is 13.8. The minimum absolute atomic E-state index is 0.323. The van der Waals surface area contributed by atoms with Gasteiger partial charge in [0, 0.05) is 20.3 Å². The van der Waals surface area contributed by atoms with Gasteiger partial charge in [-0.05, 0) is 45.3 Å². The summed E-state index contributed by atoms with van der Waals surface area (Å²) in [5.74, 6) is 0. The van der Waals surface area contributed by atoms with Crippen molar-refractivity contribution in [3.05, 3.63) is 0 Å². The summed E-state index contributed by atoms with van der Waals surface area (Å²) in [5, 5.41) is 15.3. The quantitative estimate of drug-likeness (QED) is 0.414. The summed E-state index contributed by atoms with van der Waals surface area (Å²) in [6.07, 6.45) is 4.37. The largest absolute Gasteiger partial charge is 0.396 e. The predicted octanol–water partition coefficient (Wildman–Crippen LogP) is 0.365. The number of methoxy groups -OCH3 is 1. The number of aliphatic hydroxyl groups excluding tert-OH is 1. The van der Waals surface area contributed by atoms with E-state index in [1.165, 1.54) is 0 Å². The van der Waals surface area contributed by atoms with E-state index in [-0.39, 0.29) is 0 Å². The summed E-state index contributed by atoms with van der Waals surface area (Å²) in [7, 11) is 1.72. The standard InChI is InChI=1S/C11H26N2O2/c1-15-11-9-13-8-5-7-12-6-3-2-4-10-14/h12-14H,2-11H2,1H3. The van der Waals surface area contributed by atoms with Crippen LogP contribution in [0.25, 0.3) is 0 Å². The van der Waals surface area contributed by atoms with E-state index in [0.29, 0.717) is 6.61 Å². The van der Waals surface area contributed by atoms with Crippen LogP contribution in [0.5, 0.6) is 0 Å². The van der Waals surface area contributed by atoms with Gasteiger partial charge in [0.15, 0.2) is 0 Å². The second-order valence-corrected chi connectivity index (χ2v) is 3.63. The monoisotopic (exact) mass is 218 g/mol. The molecule has 0 amide bonds. The summed E-state index contributed by atoms with van der Waals surface area (Å²) in [4.78, 5) is 0. The van der Waals surface area contributed by atoms with Crippen LogP contribution in [-0.2, 0) is 4.74 Å². The maximum Gasteiger partial charge on any atom is 0.0587 e. The molecule has 0 aromatic rings. The first-order chi connectivity index (χ1) is 7.41. The van der Waals surface area contributed by atoms with Crippen LogP contribution in [-0.4, -0.2) is 51.6 Å². The molecule has 0 saturated heterocycles. The van der Waals surface area contributed by atoms with Crippen molar-refractivity contribution in [2.75, 3.05) is 46.5 Å². The van der Waals surface area contributed by atoms with Gasteiger partial charge in [-0.1, -0.05) is 0 Å². The fraction of sp³-hybridized carbons (Fsp3) is 1.00. The summed E-state index contributed by atoms with van der Waals surface area (Å²) in [6, 6.07) is 0. The van der Waals surface area contributed by atoms with E-state index in [0.717, 1.165) is 58.5 Å². The van der Waals surface area contributed by atoms with E-state index < -0.39 is 0 Å². The maximum absolute atomic E-state index is 8.57. The lowest BCUT2D eigenvalue weighted by molar-refractivity contribution is 0.199. The van der Waals surface area contributed by atoms with Gasteiger partial charge in [-0.15, -0.1) is 0 Å². The molecule has 4 heteroatoms. The van der Waals surface area contributed by atoms with Gasteiger partial charge in [0.2, 0.25) is 0 Å². The second-order valence-electron chi connectivity index (χ2n) is 3.63. The van der Waals surface area contributed by atoms with Gasteiger partial charge < -0.3 is 20.5 Å².